The van der Waals surface area contributed by atoms with E-state index in [1.54, 1.807) is 77.3 Å². The predicted octanol–water partition coefficient (Wildman–Crippen LogP) is 0.595. The second kappa shape index (κ2) is 22.7. The smallest absolute Gasteiger partial charge is 0.0536 e. The van der Waals surface area contributed by atoms with Crippen molar-refractivity contribution >= 4 is 0 Å². The Morgan fingerprint density at radius 2 is 0.815 bits per heavy atom. The first kappa shape index (κ1) is 30.4. The Labute approximate surface area is 174 Å². The Morgan fingerprint density at radius 1 is 0.593 bits per heavy atom. The molecule has 4 unspecified atom stereocenters. The molecule has 0 fully saturated rings. The number of aliphatic hydroxyl groups excluding tert-OH is 3. The molecule has 4 atom stereocenters. The van der Waals surface area contributed by atoms with Gasteiger partial charge in [0.05, 0.1) is 18.3 Å². The van der Waals surface area contributed by atoms with Crippen LogP contribution in [0.15, 0.2) is 49.6 Å². The summed E-state index contributed by atoms with van der Waals surface area (Å²) in [6, 6.07) is 0. The van der Waals surface area contributed by atoms with Gasteiger partial charge in [0.1, 0.15) is 0 Å². The van der Waals surface area contributed by atoms with Crippen molar-refractivity contribution in [2.24, 2.45) is 0 Å². The summed E-state index contributed by atoms with van der Waals surface area (Å²) in [6.07, 6.45) is 12.1. The van der Waals surface area contributed by atoms with Gasteiger partial charge < -0.3 is 20.4 Å². The molecule has 27 heavy (non-hydrogen) atoms. The van der Waals surface area contributed by atoms with Gasteiger partial charge in [0, 0.05) is 69.1 Å². The van der Waals surface area contributed by atoms with E-state index in [-0.39, 0.29) is 31.7 Å². The maximum Gasteiger partial charge on any atom is 0.0536 e. The van der Waals surface area contributed by atoms with Gasteiger partial charge >= 0.3 is 0 Å². The van der Waals surface area contributed by atoms with Crippen molar-refractivity contribution in [1.29, 1.82) is 0 Å². The van der Waals surface area contributed by atoms with Gasteiger partial charge in [-0.05, 0) is 33.6 Å². The SMILES string of the molecule is CC(O)CC(C)O.CC([O-])CC(C)O.[Ru].c1cnccn1.c1cnccn1. The number of rotatable bonds is 4. The zero-order valence-corrected chi connectivity index (χ0v) is 18.0. The largest absolute Gasteiger partial charge is 0.852 e. The topological polar surface area (TPSA) is 135 Å². The van der Waals surface area contributed by atoms with Gasteiger partial charge in [-0.25, -0.2) is 0 Å². The second-order valence-corrected chi connectivity index (χ2v) is 5.62. The third kappa shape index (κ3) is 36.3. The number of aliphatic hydroxyl groups is 3. The average Bonchev–Trinajstić information content (AvgIpc) is 2.57. The molecule has 2 heterocycles. The van der Waals surface area contributed by atoms with Crippen LogP contribution in [-0.2, 0) is 19.5 Å². The van der Waals surface area contributed by atoms with E-state index in [4.69, 9.17) is 15.3 Å². The van der Waals surface area contributed by atoms with Crippen molar-refractivity contribution in [2.45, 2.75) is 65.0 Å². The summed E-state index contributed by atoms with van der Waals surface area (Å²) >= 11 is 0. The molecule has 2 rings (SSSR count). The summed E-state index contributed by atoms with van der Waals surface area (Å²) in [7, 11) is 0. The van der Waals surface area contributed by atoms with Crippen molar-refractivity contribution in [2.75, 3.05) is 0 Å². The number of hydrogen-bond donors (Lipinski definition) is 3. The summed E-state index contributed by atoms with van der Waals surface area (Å²) in [6.45, 7) is 6.49. The Kier molecular flexibility index (Phi) is 25.5. The van der Waals surface area contributed by atoms with Crippen LogP contribution in [-0.4, -0.2) is 59.7 Å². The van der Waals surface area contributed by atoms with Gasteiger partial charge in [-0.3, -0.25) is 19.9 Å². The number of aromatic nitrogens is 4. The molecule has 0 bridgehead atoms. The second-order valence-electron chi connectivity index (χ2n) is 5.62. The molecule has 2 aromatic heterocycles. The van der Waals surface area contributed by atoms with Crippen molar-refractivity contribution in [1.82, 2.24) is 19.9 Å². The summed E-state index contributed by atoms with van der Waals surface area (Å²) in [5, 5.41) is 35.8. The Morgan fingerprint density at radius 3 is 0.852 bits per heavy atom. The number of hydrogen-bond acceptors (Lipinski definition) is 8. The van der Waals surface area contributed by atoms with E-state index in [0.717, 1.165) is 0 Å². The minimum atomic E-state index is -0.625. The molecule has 0 aliphatic heterocycles. The van der Waals surface area contributed by atoms with Crippen LogP contribution in [0.5, 0.6) is 0 Å². The third-order valence-electron chi connectivity index (χ3n) is 2.31. The Balaban J connectivity index is -0.000000281. The zero-order chi connectivity index (χ0) is 20.2. The molecular weight excluding hydrogens is 437 g/mol. The minimum Gasteiger partial charge on any atom is -0.852 e. The van der Waals surface area contributed by atoms with Crippen molar-refractivity contribution in [3.63, 3.8) is 0 Å². The van der Waals surface area contributed by atoms with Gasteiger partial charge in [0.2, 0.25) is 0 Å². The molecule has 0 radical (unpaired) electrons. The van der Waals surface area contributed by atoms with Gasteiger partial charge in [-0.2, -0.15) is 0 Å². The molecule has 156 valence electrons. The fourth-order valence-electron chi connectivity index (χ4n) is 1.48. The molecular formula is C18H31N4O4Ru-. The molecule has 0 aliphatic carbocycles. The molecule has 3 N–H and O–H groups in total. The Bertz CT molecular complexity index is 366. The summed E-state index contributed by atoms with van der Waals surface area (Å²) in [4.78, 5) is 14.9. The van der Waals surface area contributed by atoms with Crippen LogP contribution in [0.3, 0.4) is 0 Å². The molecule has 0 saturated carbocycles. The van der Waals surface area contributed by atoms with Crippen LogP contribution in [0.25, 0.3) is 0 Å². The van der Waals surface area contributed by atoms with Crippen molar-refractivity contribution < 1.29 is 39.9 Å². The molecule has 2 aromatic rings. The van der Waals surface area contributed by atoms with E-state index < -0.39 is 12.2 Å². The third-order valence-corrected chi connectivity index (χ3v) is 2.31. The standard InChI is InChI=1S/C5H12O2.C5H11O2.2C4H4N2.Ru/c2*1-4(6)3-5(2)7;2*1-2-6-4-3-5-1;/h4-7H,3H2,1-2H3;4-6H,3H2,1-2H3;2*1-4H;/q;-1;;;. The predicted molar refractivity (Wildman–Crippen MR) is 97.8 cm³/mol. The van der Waals surface area contributed by atoms with Gasteiger partial charge in [-0.1, -0.05) is 6.92 Å². The van der Waals surface area contributed by atoms with E-state index in [1.165, 1.54) is 0 Å². The maximum atomic E-state index is 10.2. The minimum absolute atomic E-state index is 0. The fourth-order valence-corrected chi connectivity index (χ4v) is 1.48. The van der Waals surface area contributed by atoms with Crippen LogP contribution < -0.4 is 5.11 Å². The van der Waals surface area contributed by atoms with E-state index >= 15 is 0 Å². The summed E-state index contributed by atoms with van der Waals surface area (Å²) in [5.74, 6) is 0. The van der Waals surface area contributed by atoms with Gasteiger partial charge in [-0.15, -0.1) is 6.10 Å². The zero-order valence-electron chi connectivity index (χ0n) is 16.2. The van der Waals surface area contributed by atoms with E-state index in [1.807, 2.05) is 0 Å². The fraction of sp³-hybridized carbons (Fsp3) is 0.556. The van der Waals surface area contributed by atoms with Crippen molar-refractivity contribution in [3.05, 3.63) is 49.6 Å². The molecule has 0 saturated heterocycles. The first-order valence-electron chi connectivity index (χ1n) is 8.35. The van der Waals surface area contributed by atoms with Crippen LogP contribution in [0.2, 0.25) is 0 Å². The quantitative estimate of drug-likeness (QED) is 0.555. The molecule has 0 aliphatic rings. The molecule has 0 amide bonds. The summed E-state index contributed by atoms with van der Waals surface area (Å²) < 4.78 is 0. The van der Waals surface area contributed by atoms with Gasteiger partial charge in [0.25, 0.3) is 0 Å². The maximum absolute atomic E-state index is 10.2. The first-order chi connectivity index (χ1) is 12.3. The number of nitrogens with zero attached hydrogens (tertiary/aromatic N) is 4. The van der Waals surface area contributed by atoms with Crippen LogP contribution in [0, 0.1) is 0 Å². The first-order valence-corrected chi connectivity index (χ1v) is 8.35. The molecule has 0 spiro atoms. The average molecular weight is 469 g/mol. The Hall–Kier alpha value is -1.38. The molecule has 8 nitrogen and oxygen atoms in total. The van der Waals surface area contributed by atoms with Crippen LogP contribution in [0.4, 0.5) is 0 Å². The van der Waals surface area contributed by atoms with E-state index in [9.17, 15) is 5.11 Å². The van der Waals surface area contributed by atoms with E-state index in [0.29, 0.717) is 12.8 Å². The van der Waals surface area contributed by atoms with E-state index in [2.05, 4.69) is 19.9 Å². The molecule has 0 aromatic carbocycles. The molecule has 9 heteroatoms. The monoisotopic (exact) mass is 469 g/mol. The van der Waals surface area contributed by atoms with Crippen LogP contribution in [0.1, 0.15) is 40.5 Å². The normalized spacial score (nSPS) is 13.3. The summed E-state index contributed by atoms with van der Waals surface area (Å²) in [5.41, 5.74) is 0. The van der Waals surface area contributed by atoms with Crippen LogP contribution >= 0.6 is 0 Å². The van der Waals surface area contributed by atoms with Crippen molar-refractivity contribution in [3.8, 4) is 0 Å². The van der Waals surface area contributed by atoms with Gasteiger partial charge in [0.15, 0.2) is 0 Å².